The molecule has 0 aromatic carbocycles. The molecular formula is C5H9FO2S. The van der Waals surface area contributed by atoms with Crippen molar-refractivity contribution in [2.24, 2.45) is 0 Å². The number of ether oxygens (including phenoxy) is 1. The molecule has 0 saturated carbocycles. The van der Waals surface area contributed by atoms with Crippen LogP contribution in [-0.2, 0) is 9.53 Å². The quantitative estimate of drug-likeness (QED) is 0.559. The molecule has 0 atom stereocenters. The van der Waals surface area contributed by atoms with Crippen LogP contribution in [0.4, 0.5) is 4.39 Å². The van der Waals surface area contributed by atoms with Crippen molar-refractivity contribution in [3.63, 3.8) is 0 Å². The Hall–Kier alpha value is -0.250. The van der Waals surface area contributed by atoms with E-state index in [0.29, 0.717) is 5.75 Å². The molecule has 4 heteroatoms. The molecule has 2 nitrogen and oxygen atoms in total. The normalized spacial score (nSPS) is 9.11. The van der Waals surface area contributed by atoms with Gasteiger partial charge in [0, 0.05) is 0 Å². The summed E-state index contributed by atoms with van der Waals surface area (Å²) < 4.78 is 15.7. The molecule has 0 aromatic rings. The van der Waals surface area contributed by atoms with E-state index in [1.807, 2.05) is 0 Å². The molecule has 0 aliphatic heterocycles. The van der Waals surface area contributed by atoms with E-state index in [-0.39, 0.29) is 12.6 Å². The molecular weight excluding hydrogens is 143 g/mol. The summed E-state index contributed by atoms with van der Waals surface area (Å²) >= 11 is 1.36. The van der Waals surface area contributed by atoms with Crippen LogP contribution < -0.4 is 0 Å². The molecule has 0 heterocycles. The van der Waals surface area contributed by atoms with E-state index in [1.165, 1.54) is 11.8 Å². The highest BCUT2D eigenvalue weighted by Gasteiger charge is 1.98. The van der Waals surface area contributed by atoms with Gasteiger partial charge in [0.15, 0.2) is 0 Å². The summed E-state index contributed by atoms with van der Waals surface area (Å²) in [5.41, 5.74) is 0. The summed E-state index contributed by atoms with van der Waals surface area (Å²) in [5, 5.41) is 0. The molecule has 0 radical (unpaired) electrons. The lowest BCUT2D eigenvalue weighted by molar-refractivity contribution is -0.140. The number of halogens is 1. The predicted molar refractivity (Wildman–Crippen MR) is 35.3 cm³/mol. The topological polar surface area (TPSA) is 26.3 Å². The molecule has 0 fully saturated rings. The standard InChI is InChI=1S/C5H9FO2S/c1-9-4-5(7)8-3-2-6/h2-4H2,1H3. The molecule has 0 aliphatic carbocycles. The highest BCUT2D eigenvalue weighted by Crippen LogP contribution is 1.92. The van der Waals surface area contributed by atoms with Crippen molar-refractivity contribution in [2.75, 3.05) is 25.3 Å². The maximum atomic E-state index is 11.3. The van der Waals surface area contributed by atoms with Crippen molar-refractivity contribution in [1.82, 2.24) is 0 Å². The van der Waals surface area contributed by atoms with E-state index in [4.69, 9.17) is 0 Å². The molecule has 0 saturated heterocycles. The number of carbonyl (C=O) groups is 1. The number of rotatable bonds is 4. The molecule has 0 aromatic heterocycles. The minimum Gasteiger partial charge on any atom is -0.462 e. The predicted octanol–water partition coefficient (Wildman–Crippen LogP) is 0.862. The number of hydrogen-bond donors (Lipinski definition) is 0. The molecule has 0 rings (SSSR count). The van der Waals surface area contributed by atoms with Gasteiger partial charge < -0.3 is 4.74 Å². The average Bonchev–Trinajstić information content (AvgIpc) is 1.85. The fraction of sp³-hybridized carbons (Fsp3) is 0.800. The van der Waals surface area contributed by atoms with Gasteiger partial charge in [0.05, 0.1) is 5.75 Å². The van der Waals surface area contributed by atoms with E-state index in [2.05, 4.69) is 4.74 Å². The van der Waals surface area contributed by atoms with Crippen LogP contribution >= 0.6 is 11.8 Å². The number of thioether (sulfide) groups is 1. The van der Waals surface area contributed by atoms with Gasteiger partial charge in [-0.25, -0.2) is 4.39 Å². The SMILES string of the molecule is CSCC(=O)OCCF. The minimum absolute atomic E-state index is 0.112. The highest BCUT2D eigenvalue weighted by atomic mass is 32.2. The lowest BCUT2D eigenvalue weighted by Crippen LogP contribution is -2.08. The second kappa shape index (κ2) is 5.88. The number of carbonyl (C=O) groups excluding carboxylic acids is 1. The van der Waals surface area contributed by atoms with Gasteiger partial charge in [0.1, 0.15) is 13.3 Å². The van der Waals surface area contributed by atoms with Crippen molar-refractivity contribution in [3.8, 4) is 0 Å². The zero-order valence-electron chi connectivity index (χ0n) is 5.22. The summed E-state index contributed by atoms with van der Waals surface area (Å²) in [7, 11) is 0. The van der Waals surface area contributed by atoms with Gasteiger partial charge in [-0.15, -0.1) is 0 Å². The summed E-state index contributed by atoms with van der Waals surface area (Å²) in [6.45, 7) is -0.709. The van der Waals surface area contributed by atoms with E-state index >= 15 is 0 Å². The fourth-order valence-electron chi connectivity index (χ4n) is 0.312. The van der Waals surface area contributed by atoms with Gasteiger partial charge in [0.25, 0.3) is 0 Å². The Bertz CT molecular complexity index is 87.0. The van der Waals surface area contributed by atoms with Crippen LogP contribution in [0.2, 0.25) is 0 Å². The van der Waals surface area contributed by atoms with Gasteiger partial charge in [-0.05, 0) is 6.26 Å². The first kappa shape index (κ1) is 8.75. The molecule has 0 spiro atoms. The summed E-state index contributed by atoms with van der Waals surface area (Å²) in [4.78, 5) is 10.4. The van der Waals surface area contributed by atoms with Crippen LogP contribution in [0.25, 0.3) is 0 Å². The van der Waals surface area contributed by atoms with Crippen LogP contribution in [-0.4, -0.2) is 31.3 Å². The molecule has 0 N–H and O–H groups in total. The van der Waals surface area contributed by atoms with Crippen molar-refractivity contribution >= 4 is 17.7 Å². The van der Waals surface area contributed by atoms with Gasteiger partial charge in [-0.2, -0.15) is 11.8 Å². The van der Waals surface area contributed by atoms with E-state index in [1.54, 1.807) is 6.26 Å². The zero-order chi connectivity index (χ0) is 7.11. The third kappa shape index (κ3) is 5.62. The van der Waals surface area contributed by atoms with Crippen molar-refractivity contribution < 1.29 is 13.9 Å². The first-order valence-corrected chi connectivity index (χ1v) is 3.91. The Morgan fingerprint density at radius 1 is 1.78 bits per heavy atom. The molecule has 0 bridgehead atoms. The Morgan fingerprint density at radius 3 is 2.89 bits per heavy atom. The first-order chi connectivity index (χ1) is 4.31. The number of alkyl halides is 1. The van der Waals surface area contributed by atoms with Crippen LogP contribution in [0.5, 0.6) is 0 Å². The Kier molecular flexibility index (Phi) is 5.72. The lowest BCUT2D eigenvalue weighted by atomic mass is 10.7. The number of hydrogen-bond acceptors (Lipinski definition) is 3. The van der Waals surface area contributed by atoms with Crippen LogP contribution in [0, 0.1) is 0 Å². The monoisotopic (exact) mass is 152 g/mol. The Balaban J connectivity index is 3.06. The van der Waals surface area contributed by atoms with Crippen LogP contribution in [0.3, 0.4) is 0 Å². The summed E-state index contributed by atoms with van der Waals surface area (Å²) in [6, 6.07) is 0. The molecule has 0 aliphatic rings. The Morgan fingerprint density at radius 2 is 2.44 bits per heavy atom. The number of esters is 1. The van der Waals surface area contributed by atoms with Gasteiger partial charge in [-0.3, -0.25) is 4.79 Å². The van der Waals surface area contributed by atoms with E-state index in [9.17, 15) is 9.18 Å². The highest BCUT2D eigenvalue weighted by molar-refractivity contribution is 7.99. The van der Waals surface area contributed by atoms with Gasteiger partial charge >= 0.3 is 5.97 Å². The fourth-order valence-corrected chi connectivity index (χ4v) is 0.631. The average molecular weight is 152 g/mol. The maximum absolute atomic E-state index is 11.3. The third-order valence-corrected chi connectivity index (χ3v) is 1.13. The second-order valence-corrected chi connectivity index (χ2v) is 2.21. The molecule has 9 heavy (non-hydrogen) atoms. The van der Waals surface area contributed by atoms with Crippen molar-refractivity contribution in [3.05, 3.63) is 0 Å². The second-order valence-electron chi connectivity index (χ2n) is 1.34. The molecule has 0 unspecified atom stereocenters. The largest absolute Gasteiger partial charge is 0.462 e. The first-order valence-electron chi connectivity index (χ1n) is 2.51. The third-order valence-electron chi connectivity index (χ3n) is 0.602. The summed E-state index contributed by atoms with van der Waals surface area (Å²) in [5.74, 6) is -0.0415. The van der Waals surface area contributed by atoms with Gasteiger partial charge in [0.2, 0.25) is 0 Å². The lowest BCUT2D eigenvalue weighted by Gasteiger charge is -1.97. The van der Waals surface area contributed by atoms with Crippen molar-refractivity contribution in [1.29, 1.82) is 0 Å². The van der Waals surface area contributed by atoms with Crippen molar-refractivity contribution in [2.45, 2.75) is 0 Å². The maximum Gasteiger partial charge on any atom is 0.315 e. The van der Waals surface area contributed by atoms with Crippen LogP contribution in [0.1, 0.15) is 0 Å². The smallest absolute Gasteiger partial charge is 0.315 e. The minimum atomic E-state index is -0.597. The van der Waals surface area contributed by atoms with Gasteiger partial charge in [-0.1, -0.05) is 0 Å². The summed E-state index contributed by atoms with van der Waals surface area (Å²) in [6.07, 6.45) is 1.79. The van der Waals surface area contributed by atoms with Crippen LogP contribution in [0.15, 0.2) is 0 Å². The van der Waals surface area contributed by atoms with E-state index in [0.717, 1.165) is 0 Å². The molecule has 0 amide bonds. The molecule has 54 valence electrons. The Labute approximate surface area is 57.8 Å². The zero-order valence-corrected chi connectivity index (χ0v) is 6.04. The van der Waals surface area contributed by atoms with E-state index < -0.39 is 6.67 Å².